The molecule has 0 saturated carbocycles. The van der Waals surface area contributed by atoms with Crippen molar-refractivity contribution in [1.82, 2.24) is 0 Å². The van der Waals surface area contributed by atoms with Crippen LogP contribution in [-0.2, 0) is 9.53 Å². The highest BCUT2D eigenvalue weighted by Gasteiger charge is 2.33. The Morgan fingerprint density at radius 1 is 1.09 bits per heavy atom. The van der Waals surface area contributed by atoms with Crippen LogP contribution in [0.5, 0.6) is 11.5 Å². The van der Waals surface area contributed by atoms with Gasteiger partial charge in [-0.15, -0.1) is 0 Å². The highest BCUT2D eigenvalue weighted by atomic mass is 16.5. The van der Waals surface area contributed by atoms with E-state index in [0.29, 0.717) is 28.3 Å². The molecule has 32 heavy (non-hydrogen) atoms. The summed E-state index contributed by atoms with van der Waals surface area (Å²) in [4.78, 5) is 25.1. The van der Waals surface area contributed by atoms with Crippen LogP contribution < -0.4 is 9.75 Å². The summed E-state index contributed by atoms with van der Waals surface area (Å²) in [5.74, 6) is -0.00590. The molecule has 0 fully saturated rings. The average molecular weight is 437 g/mol. The van der Waals surface area contributed by atoms with Gasteiger partial charge in [-0.2, -0.15) is 5.10 Å². The number of hydrazone groups is 1. The van der Waals surface area contributed by atoms with Crippen LogP contribution >= 0.6 is 0 Å². The monoisotopic (exact) mass is 436 g/mol. The largest absolute Gasteiger partial charge is 0.507 e. The number of nitrogens with zero attached hydrogens (tertiary/aromatic N) is 2. The van der Waals surface area contributed by atoms with E-state index < -0.39 is 0 Å². The second kappa shape index (κ2) is 9.42. The Morgan fingerprint density at radius 2 is 1.91 bits per heavy atom. The van der Waals surface area contributed by atoms with E-state index in [0.717, 1.165) is 24.8 Å². The number of methoxy groups -OCH3 is 1. The normalized spacial score (nSPS) is 17.4. The highest BCUT2D eigenvalue weighted by molar-refractivity contribution is 6.20. The van der Waals surface area contributed by atoms with E-state index in [-0.39, 0.29) is 30.2 Å². The van der Waals surface area contributed by atoms with Gasteiger partial charge in [0.15, 0.2) is 0 Å². The molecule has 4 rings (SSSR count). The third-order valence-electron chi connectivity index (χ3n) is 5.96. The number of rotatable bonds is 9. The van der Waals surface area contributed by atoms with Gasteiger partial charge >= 0.3 is 5.97 Å². The molecule has 2 aromatic carbocycles. The molecule has 2 aromatic rings. The molecule has 7 heteroatoms. The Balaban J connectivity index is 1.53. The van der Waals surface area contributed by atoms with Crippen LogP contribution in [0.3, 0.4) is 0 Å². The minimum absolute atomic E-state index is 0.0264. The van der Waals surface area contributed by atoms with Crippen molar-refractivity contribution in [1.29, 1.82) is 0 Å². The maximum absolute atomic E-state index is 12.7. The van der Waals surface area contributed by atoms with Crippen LogP contribution in [0.25, 0.3) is 0 Å². The Bertz CT molecular complexity index is 1060. The number of fused-ring (bicyclic) bond motifs is 1. The molecule has 2 heterocycles. The van der Waals surface area contributed by atoms with Gasteiger partial charge < -0.3 is 14.6 Å². The van der Waals surface area contributed by atoms with Gasteiger partial charge in [-0.25, -0.2) is 9.80 Å². The number of cyclic esters (lactones) is 1. The summed E-state index contributed by atoms with van der Waals surface area (Å²) in [5, 5.41) is 15.9. The summed E-state index contributed by atoms with van der Waals surface area (Å²) >= 11 is 0. The van der Waals surface area contributed by atoms with Gasteiger partial charge in [0.25, 0.3) is 5.91 Å². The molecular formula is C25H28N2O5. The summed E-state index contributed by atoms with van der Waals surface area (Å²) in [6, 6.07) is 10.1. The number of carbonyl (C=O) groups is 2. The zero-order chi connectivity index (χ0) is 22.7. The molecule has 1 N–H and O–H groups in total. The number of aromatic hydroxyl groups is 1. The molecule has 1 amide bonds. The van der Waals surface area contributed by atoms with E-state index >= 15 is 0 Å². The first-order valence-electron chi connectivity index (χ1n) is 11.1. The standard InChI is InChI=1S/C25H28N2O5/c1-3-4-5-6-7-8-23-18-11-9-16(13-19(18)25(30)32-23)27-24(29)15-21(26-27)20-14-17(31-2)10-12-22(20)28/h9-14,23,28H,3-8,15H2,1-2H3. The number of esters is 1. The Kier molecular flexibility index (Phi) is 6.44. The van der Waals surface area contributed by atoms with E-state index in [4.69, 9.17) is 9.47 Å². The van der Waals surface area contributed by atoms with E-state index in [2.05, 4.69) is 12.0 Å². The second-order valence-electron chi connectivity index (χ2n) is 8.18. The number of phenols is 1. The first-order chi connectivity index (χ1) is 15.5. The second-order valence-corrected chi connectivity index (χ2v) is 8.18. The summed E-state index contributed by atoms with van der Waals surface area (Å²) in [6.07, 6.45) is 6.39. The number of ether oxygens (including phenoxy) is 2. The third kappa shape index (κ3) is 4.33. The first kappa shape index (κ1) is 21.9. The zero-order valence-electron chi connectivity index (χ0n) is 18.5. The van der Waals surface area contributed by atoms with Gasteiger partial charge in [0.2, 0.25) is 0 Å². The van der Waals surface area contributed by atoms with Gasteiger partial charge in [0.1, 0.15) is 17.6 Å². The fourth-order valence-corrected chi connectivity index (χ4v) is 4.19. The van der Waals surface area contributed by atoms with E-state index in [9.17, 15) is 14.7 Å². The van der Waals surface area contributed by atoms with Crippen LogP contribution in [0.15, 0.2) is 41.5 Å². The molecule has 1 unspecified atom stereocenters. The molecule has 0 bridgehead atoms. The maximum atomic E-state index is 12.7. The Labute approximate surface area is 187 Å². The Hall–Kier alpha value is -3.35. The predicted octanol–water partition coefficient (Wildman–Crippen LogP) is 5.11. The van der Waals surface area contributed by atoms with Crippen LogP contribution in [0, 0.1) is 0 Å². The van der Waals surface area contributed by atoms with Crippen molar-refractivity contribution in [3.63, 3.8) is 0 Å². The van der Waals surface area contributed by atoms with Crippen LogP contribution in [0.1, 0.15) is 79.5 Å². The van der Waals surface area contributed by atoms with Gasteiger partial charge in [0.05, 0.1) is 30.5 Å². The summed E-state index contributed by atoms with van der Waals surface area (Å²) in [7, 11) is 1.53. The van der Waals surface area contributed by atoms with Gasteiger partial charge in [-0.3, -0.25) is 4.79 Å². The van der Waals surface area contributed by atoms with Crippen molar-refractivity contribution >= 4 is 23.3 Å². The molecule has 0 saturated heterocycles. The lowest BCUT2D eigenvalue weighted by atomic mass is 9.99. The minimum atomic E-state index is -0.360. The number of amides is 1. The molecule has 0 aliphatic carbocycles. The van der Waals surface area contributed by atoms with Crippen LogP contribution in [0.2, 0.25) is 0 Å². The fourth-order valence-electron chi connectivity index (χ4n) is 4.19. The Morgan fingerprint density at radius 3 is 2.69 bits per heavy atom. The topological polar surface area (TPSA) is 88.4 Å². The number of hydrogen-bond acceptors (Lipinski definition) is 6. The molecule has 2 aliphatic heterocycles. The van der Waals surface area contributed by atoms with Gasteiger partial charge in [-0.05, 0) is 43.2 Å². The van der Waals surface area contributed by atoms with Crippen LogP contribution in [-0.4, -0.2) is 29.8 Å². The molecule has 7 nitrogen and oxygen atoms in total. The fraction of sp³-hybridized carbons (Fsp3) is 0.400. The molecule has 0 spiro atoms. The molecule has 2 aliphatic rings. The quantitative estimate of drug-likeness (QED) is 0.436. The van der Waals surface area contributed by atoms with Gasteiger partial charge in [0, 0.05) is 11.1 Å². The number of hydrogen-bond donors (Lipinski definition) is 1. The van der Waals surface area contributed by atoms with Crippen molar-refractivity contribution in [3.05, 3.63) is 53.1 Å². The van der Waals surface area contributed by atoms with Crippen molar-refractivity contribution in [2.45, 2.75) is 58.0 Å². The minimum Gasteiger partial charge on any atom is -0.507 e. The predicted molar refractivity (Wildman–Crippen MR) is 121 cm³/mol. The number of benzene rings is 2. The average Bonchev–Trinajstić information content (AvgIpc) is 3.33. The molecule has 0 radical (unpaired) electrons. The van der Waals surface area contributed by atoms with Crippen molar-refractivity contribution in [2.24, 2.45) is 5.10 Å². The third-order valence-corrected chi connectivity index (χ3v) is 5.96. The van der Waals surface area contributed by atoms with Gasteiger partial charge in [-0.1, -0.05) is 38.7 Å². The van der Waals surface area contributed by atoms with Crippen LogP contribution in [0.4, 0.5) is 5.69 Å². The van der Waals surface area contributed by atoms with E-state index in [1.54, 1.807) is 24.3 Å². The van der Waals surface area contributed by atoms with Crippen molar-refractivity contribution in [3.8, 4) is 11.5 Å². The molecule has 168 valence electrons. The van der Waals surface area contributed by atoms with Crippen molar-refractivity contribution < 1.29 is 24.2 Å². The number of unbranched alkanes of at least 4 members (excludes halogenated alkanes) is 4. The highest BCUT2D eigenvalue weighted by Crippen LogP contribution is 2.37. The zero-order valence-corrected chi connectivity index (χ0v) is 18.5. The molecule has 1 atom stereocenters. The smallest absolute Gasteiger partial charge is 0.339 e. The maximum Gasteiger partial charge on any atom is 0.339 e. The number of phenolic OH excluding ortho intramolecular Hbond substituents is 1. The van der Waals surface area contributed by atoms with E-state index in [1.807, 2.05) is 6.07 Å². The lowest BCUT2D eigenvalue weighted by Gasteiger charge is -2.13. The summed E-state index contributed by atoms with van der Waals surface area (Å²) in [6.45, 7) is 2.18. The van der Waals surface area contributed by atoms with Crippen molar-refractivity contribution in [2.75, 3.05) is 12.1 Å². The van der Waals surface area contributed by atoms with E-state index in [1.165, 1.54) is 37.4 Å². The summed E-state index contributed by atoms with van der Waals surface area (Å²) in [5.41, 5.74) is 2.76. The number of carbonyl (C=O) groups excluding carboxylic acids is 2. The molecule has 0 aromatic heterocycles. The number of anilines is 1. The summed E-state index contributed by atoms with van der Waals surface area (Å²) < 4.78 is 10.8. The first-order valence-corrected chi connectivity index (χ1v) is 11.1. The lowest BCUT2D eigenvalue weighted by molar-refractivity contribution is -0.116. The lowest BCUT2D eigenvalue weighted by Crippen LogP contribution is -2.19. The molecular weight excluding hydrogens is 408 g/mol. The SMILES string of the molecule is CCCCCCCC1OC(=O)c2cc(N3N=C(c4cc(OC)ccc4O)CC3=O)ccc21.